The highest BCUT2D eigenvalue weighted by molar-refractivity contribution is 7.91. The minimum Gasteiger partial charge on any atom is -0.491 e. The van der Waals surface area contributed by atoms with Gasteiger partial charge < -0.3 is 10.5 Å². The van der Waals surface area contributed by atoms with Crippen LogP contribution < -0.4 is 10.5 Å². The smallest absolute Gasteiger partial charge is 0.153 e. The fraction of sp³-hybridized carbons (Fsp3) is 0.455. The van der Waals surface area contributed by atoms with Gasteiger partial charge in [-0.3, -0.25) is 0 Å². The van der Waals surface area contributed by atoms with Crippen LogP contribution in [-0.2, 0) is 16.4 Å². The summed E-state index contributed by atoms with van der Waals surface area (Å²) < 4.78 is 28.0. The summed E-state index contributed by atoms with van der Waals surface area (Å²) in [6.45, 7) is 2.00. The molecule has 1 rings (SSSR count). The third-order valence-electron chi connectivity index (χ3n) is 2.35. The van der Waals surface area contributed by atoms with Gasteiger partial charge >= 0.3 is 0 Å². The average Bonchev–Trinajstić information content (AvgIpc) is 2.31. The van der Waals surface area contributed by atoms with Crippen molar-refractivity contribution in [2.45, 2.75) is 13.5 Å². The molecule has 0 heterocycles. The van der Waals surface area contributed by atoms with E-state index >= 15 is 0 Å². The number of halogens is 1. The first-order valence-electron chi connectivity index (χ1n) is 5.31. The first-order valence-corrected chi connectivity index (χ1v) is 7.50. The van der Waals surface area contributed by atoms with Crippen molar-refractivity contribution in [2.75, 3.05) is 18.1 Å². The molecule has 0 aliphatic rings. The molecule has 6 heteroatoms. The Kier molecular flexibility index (Phi) is 5.24. The lowest BCUT2D eigenvalue weighted by atomic mass is 10.2. The molecule has 96 valence electrons. The van der Waals surface area contributed by atoms with Crippen LogP contribution in [0.3, 0.4) is 0 Å². The van der Waals surface area contributed by atoms with Crippen LogP contribution in [0.2, 0.25) is 5.02 Å². The maximum atomic E-state index is 11.3. The van der Waals surface area contributed by atoms with Crippen molar-refractivity contribution in [1.29, 1.82) is 0 Å². The van der Waals surface area contributed by atoms with Crippen LogP contribution in [0.4, 0.5) is 0 Å². The van der Waals surface area contributed by atoms with Crippen LogP contribution in [0.1, 0.15) is 12.5 Å². The number of hydrogen-bond acceptors (Lipinski definition) is 4. The summed E-state index contributed by atoms with van der Waals surface area (Å²) in [4.78, 5) is 0. The van der Waals surface area contributed by atoms with E-state index in [9.17, 15) is 8.42 Å². The first-order chi connectivity index (χ1) is 8.00. The molecule has 0 radical (unpaired) electrons. The minimum absolute atomic E-state index is 0.0151. The molecule has 0 amide bonds. The van der Waals surface area contributed by atoms with Gasteiger partial charge in [0, 0.05) is 17.9 Å². The Bertz CT molecular complexity index is 474. The van der Waals surface area contributed by atoms with Crippen molar-refractivity contribution in [1.82, 2.24) is 0 Å². The fourth-order valence-corrected chi connectivity index (χ4v) is 2.17. The number of ether oxygens (including phenoxy) is 1. The monoisotopic (exact) mass is 277 g/mol. The molecule has 0 bridgehead atoms. The number of para-hydroxylation sites is 1. The van der Waals surface area contributed by atoms with Crippen molar-refractivity contribution >= 4 is 21.4 Å². The van der Waals surface area contributed by atoms with E-state index in [2.05, 4.69) is 0 Å². The van der Waals surface area contributed by atoms with Crippen LogP contribution in [-0.4, -0.2) is 26.5 Å². The predicted molar refractivity (Wildman–Crippen MR) is 69.2 cm³/mol. The summed E-state index contributed by atoms with van der Waals surface area (Å²) in [6, 6.07) is 5.26. The van der Waals surface area contributed by atoms with Crippen molar-refractivity contribution in [3.8, 4) is 5.75 Å². The van der Waals surface area contributed by atoms with E-state index < -0.39 is 9.84 Å². The lowest BCUT2D eigenvalue weighted by Crippen LogP contribution is -2.16. The maximum absolute atomic E-state index is 11.3. The van der Waals surface area contributed by atoms with Gasteiger partial charge in [-0.25, -0.2) is 8.42 Å². The van der Waals surface area contributed by atoms with Gasteiger partial charge in [-0.05, 0) is 6.07 Å². The summed E-state index contributed by atoms with van der Waals surface area (Å²) in [5.74, 6) is 0.574. The molecule has 2 N–H and O–H groups in total. The summed E-state index contributed by atoms with van der Waals surface area (Å²) in [7, 11) is -3.02. The molecule has 0 atom stereocenters. The van der Waals surface area contributed by atoms with Crippen LogP contribution >= 0.6 is 11.6 Å². The fourth-order valence-electron chi connectivity index (χ4n) is 1.29. The first kappa shape index (κ1) is 14.3. The Morgan fingerprint density at radius 3 is 2.71 bits per heavy atom. The molecular formula is C11H16ClNO3S. The highest BCUT2D eigenvalue weighted by Gasteiger charge is 2.10. The summed E-state index contributed by atoms with van der Waals surface area (Å²) in [5, 5.41) is 0.446. The highest BCUT2D eigenvalue weighted by atomic mass is 35.5. The van der Waals surface area contributed by atoms with E-state index in [0.717, 1.165) is 5.56 Å². The van der Waals surface area contributed by atoms with Crippen LogP contribution in [0, 0.1) is 0 Å². The molecule has 0 saturated heterocycles. The Morgan fingerprint density at radius 2 is 2.12 bits per heavy atom. The molecule has 0 fully saturated rings. The van der Waals surface area contributed by atoms with E-state index in [1.54, 1.807) is 25.1 Å². The second-order valence-corrected chi connectivity index (χ2v) is 6.40. The molecular weight excluding hydrogens is 262 g/mol. The third kappa shape index (κ3) is 4.18. The number of nitrogens with two attached hydrogens (primary N) is 1. The SMILES string of the molecule is CCS(=O)(=O)CCOc1c(Cl)cccc1CN. The van der Waals surface area contributed by atoms with Gasteiger partial charge in [-0.2, -0.15) is 0 Å². The van der Waals surface area contributed by atoms with Gasteiger partial charge in [0.15, 0.2) is 9.84 Å². The summed E-state index contributed by atoms with van der Waals surface area (Å²) in [6.07, 6.45) is 0. The molecule has 0 aliphatic carbocycles. The predicted octanol–water partition coefficient (Wildman–Crippen LogP) is 1.61. The average molecular weight is 278 g/mol. The van der Waals surface area contributed by atoms with Crippen molar-refractivity contribution in [3.63, 3.8) is 0 Å². The third-order valence-corrected chi connectivity index (χ3v) is 4.31. The Labute approximate surface area is 107 Å². The minimum atomic E-state index is -3.02. The van der Waals surface area contributed by atoms with Gasteiger partial charge in [0.2, 0.25) is 0 Å². The quantitative estimate of drug-likeness (QED) is 0.858. The molecule has 1 aromatic rings. The largest absolute Gasteiger partial charge is 0.491 e. The molecule has 0 spiro atoms. The van der Waals surface area contributed by atoms with Gasteiger partial charge in [-0.1, -0.05) is 30.7 Å². The van der Waals surface area contributed by atoms with Gasteiger partial charge in [0.25, 0.3) is 0 Å². The van der Waals surface area contributed by atoms with E-state index in [1.807, 2.05) is 0 Å². The van der Waals surface area contributed by atoms with Crippen molar-refractivity contribution < 1.29 is 13.2 Å². The van der Waals surface area contributed by atoms with Gasteiger partial charge in [-0.15, -0.1) is 0 Å². The molecule has 0 saturated carbocycles. The topological polar surface area (TPSA) is 69.4 Å². The van der Waals surface area contributed by atoms with E-state index in [1.165, 1.54) is 0 Å². The van der Waals surface area contributed by atoms with Crippen molar-refractivity contribution in [2.24, 2.45) is 5.73 Å². The van der Waals surface area contributed by atoms with Crippen molar-refractivity contribution in [3.05, 3.63) is 28.8 Å². The second kappa shape index (κ2) is 6.23. The molecule has 1 aromatic carbocycles. The summed E-state index contributed by atoms with van der Waals surface area (Å²) in [5.41, 5.74) is 6.32. The molecule has 0 aromatic heterocycles. The normalized spacial score (nSPS) is 11.5. The zero-order chi connectivity index (χ0) is 12.9. The number of rotatable bonds is 6. The zero-order valence-corrected chi connectivity index (χ0v) is 11.2. The van der Waals surface area contributed by atoms with Gasteiger partial charge in [0.05, 0.1) is 10.8 Å². The Morgan fingerprint density at radius 1 is 1.41 bits per heavy atom. The molecule has 0 aliphatic heterocycles. The van der Waals surface area contributed by atoms with Crippen LogP contribution in [0.25, 0.3) is 0 Å². The molecule has 4 nitrogen and oxygen atoms in total. The number of benzene rings is 1. The summed E-state index contributed by atoms with van der Waals surface area (Å²) >= 11 is 5.96. The van der Waals surface area contributed by atoms with Crippen LogP contribution in [0.5, 0.6) is 5.75 Å². The molecule has 0 unspecified atom stereocenters. The maximum Gasteiger partial charge on any atom is 0.153 e. The standard InChI is InChI=1S/C11H16ClNO3S/c1-2-17(14,15)7-6-16-11-9(8-13)4-3-5-10(11)12/h3-5H,2,6-8,13H2,1H3. The second-order valence-electron chi connectivity index (χ2n) is 3.52. The van der Waals surface area contributed by atoms with E-state index in [0.29, 0.717) is 17.3 Å². The van der Waals surface area contributed by atoms with Crippen LogP contribution in [0.15, 0.2) is 18.2 Å². The number of hydrogen-bond donors (Lipinski definition) is 1. The Balaban J connectivity index is 2.70. The van der Waals surface area contributed by atoms with Gasteiger partial charge in [0.1, 0.15) is 12.4 Å². The molecule has 17 heavy (non-hydrogen) atoms. The van der Waals surface area contributed by atoms with E-state index in [4.69, 9.17) is 22.1 Å². The lowest BCUT2D eigenvalue weighted by Gasteiger charge is -2.11. The Hall–Kier alpha value is -0.780. The highest BCUT2D eigenvalue weighted by Crippen LogP contribution is 2.28. The zero-order valence-electron chi connectivity index (χ0n) is 9.65. The van der Waals surface area contributed by atoms with E-state index in [-0.39, 0.29) is 18.1 Å². The lowest BCUT2D eigenvalue weighted by molar-refractivity contribution is 0.337. The number of sulfone groups is 1.